The molecule has 6 heteroatoms. The summed E-state index contributed by atoms with van der Waals surface area (Å²) >= 11 is 0. The molecule has 3 aromatic heterocycles. The van der Waals surface area contributed by atoms with Crippen LogP contribution in [-0.2, 0) is 12.8 Å². The van der Waals surface area contributed by atoms with Gasteiger partial charge in [0.1, 0.15) is 11.5 Å². The van der Waals surface area contributed by atoms with Crippen LogP contribution < -0.4 is 0 Å². The average molecular weight is 442 g/mol. The van der Waals surface area contributed by atoms with Gasteiger partial charge >= 0.3 is 5.97 Å². The number of nitrogens with one attached hydrogen (secondary N) is 3. The van der Waals surface area contributed by atoms with Crippen molar-refractivity contribution in [3.63, 3.8) is 0 Å². The number of H-pyrrole nitrogens is 3. The van der Waals surface area contributed by atoms with E-state index in [1.165, 1.54) is 23.4 Å². The van der Waals surface area contributed by atoms with Gasteiger partial charge in [-0.25, -0.2) is 9.18 Å². The number of halogens is 1. The predicted molar refractivity (Wildman–Crippen MR) is 128 cm³/mol. The maximum Gasteiger partial charge on any atom is 0.352 e. The maximum absolute atomic E-state index is 14.5. The number of hydrogen-bond acceptors (Lipinski definition) is 1. The lowest BCUT2D eigenvalue weighted by Crippen LogP contribution is -2.00. The van der Waals surface area contributed by atoms with Crippen LogP contribution in [0.4, 0.5) is 4.39 Å². The van der Waals surface area contributed by atoms with Crippen LogP contribution in [0.1, 0.15) is 53.5 Å². The van der Waals surface area contributed by atoms with E-state index in [2.05, 4.69) is 34.9 Å². The third-order valence-corrected chi connectivity index (χ3v) is 6.87. The van der Waals surface area contributed by atoms with Crippen molar-refractivity contribution in [3.8, 4) is 22.4 Å². The van der Waals surface area contributed by atoms with E-state index in [-0.39, 0.29) is 17.4 Å². The summed E-state index contributed by atoms with van der Waals surface area (Å²) in [7, 11) is 0. The molecule has 0 unspecified atom stereocenters. The number of aryl methyl sites for hydroxylation is 2. The second kappa shape index (κ2) is 7.10. The molecule has 0 radical (unpaired) electrons. The molecule has 0 spiro atoms. The fourth-order valence-corrected chi connectivity index (χ4v) is 5.59. The van der Waals surface area contributed by atoms with Gasteiger partial charge in [-0.3, -0.25) is 0 Å². The number of benzene rings is 2. The van der Waals surface area contributed by atoms with Gasteiger partial charge < -0.3 is 20.1 Å². The monoisotopic (exact) mass is 441 g/mol. The van der Waals surface area contributed by atoms with Crippen molar-refractivity contribution in [2.24, 2.45) is 0 Å². The first-order valence-corrected chi connectivity index (χ1v) is 11.3. The smallest absolute Gasteiger partial charge is 0.352 e. The van der Waals surface area contributed by atoms with Gasteiger partial charge in [0.15, 0.2) is 0 Å². The summed E-state index contributed by atoms with van der Waals surface area (Å²) in [4.78, 5) is 22.3. The predicted octanol–water partition coefficient (Wildman–Crippen LogP) is 6.76. The van der Waals surface area contributed by atoms with Crippen LogP contribution in [0.3, 0.4) is 0 Å². The molecule has 0 saturated heterocycles. The lowest BCUT2D eigenvalue weighted by Gasteiger charge is -2.14. The highest BCUT2D eigenvalue weighted by Crippen LogP contribution is 2.45. The number of rotatable bonds is 4. The zero-order chi connectivity index (χ0) is 22.9. The van der Waals surface area contributed by atoms with E-state index < -0.39 is 5.97 Å². The quantitative estimate of drug-likeness (QED) is 0.248. The molecule has 0 saturated carbocycles. The first kappa shape index (κ1) is 19.9. The number of carbonyl (C=O) groups is 1. The number of carboxylic acids is 1. The van der Waals surface area contributed by atoms with Crippen LogP contribution >= 0.6 is 0 Å². The van der Waals surface area contributed by atoms with Gasteiger partial charge in [0, 0.05) is 44.8 Å². The van der Waals surface area contributed by atoms with Crippen LogP contribution in [0.25, 0.3) is 44.2 Å². The first-order chi connectivity index (χ1) is 15.9. The highest BCUT2D eigenvalue weighted by atomic mass is 19.1. The average Bonchev–Trinajstić information content (AvgIpc) is 3.53. The van der Waals surface area contributed by atoms with Gasteiger partial charge in [0.2, 0.25) is 0 Å². The second-order valence-electron chi connectivity index (χ2n) is 9.18. The Kier molecular flexibility index (Phi) is 4.27. The van der Waals surface area contributed by atoms with Crippen molar-refractivity contribution in [1.29, 1.82) is 0 Å². The Labute approximate surface area is 189 Å². The molecular weight excluding hydrogens is 417 g/mol. The minimum atomic E-state index is -1.02. The molecule has 166 valence electrons. The topological polar surface area (TPSA) is 84.7 Å². The zero-order valence-corrected chi connectivity index (χ0v) is 18.5. The fourth-order valence-electron chi connectivity index (χ4n) is 5.59. The highest BCUT2D eigenvalue weighted by molar-refractivity contribution is 6.08. The lowest BCUT2D eigenvalue weighted by atomic mass is 9.88. The molecule has 3 heterocycles. The number of aromatic nitrogens is 3. The molecule has 0 aliphatic heterocycles. The summed E-state index contributed by atoms with van der Waals surface area (Å²) in [5.41, 5.74) is 8.20. The number of hydrogen-bond donors (Lipinski definition) is 4. The van der Waals surface area contributed by atoms with E-state index in [9.17, 15) is 14.3 Å². The normalized spacial score (nSPS) is 13.5. The number of aromatic carboxylic acids is 1. The van der Waals surface area contributed by atoms with Crippen LogP contribution in [0.5, 0.6) is 0 Å². The van der Waals surface area contributed by atoms with E-state index in [1.807, 2.05) is 18.2 Å². The van der Waals surface area contributed by atoms with Crippen LogP contribution in [0.15, 0.2) is 42.6 Å². The molecule has 4 N–H and O–H groups in total. The Hall–Kier alpha value is -3.80. The second-order valence-corrected chi connectivity index (χ2v) is 9.18. The molecule has 1 aliphatic carbocycles. The first-order valence-electron chi connectivity index (χ1n) is 11.3. The standard InChI is InChI=1S/C27H24FN3O2/c1-13(2)22-24(17-6-4-8-20-23(17)16-5-3-7-19(16)30-20)26(27(32)33)31-25(22)18-11-14(28)12-21-15(18)9-10-29-21/h4,6,8-13,29-31H,3,5,7H2,1-2H3,(H,32,33). The van der Waals surface area contributed by atoms with E-state index in [0.717, 1.165) is 46.7 Å². The summed E-state index contributed by atoms with van der Waals surface area (Å²) in [6.45, 7) is 4.11. The van der Waals surface area contributed by atoms with Crippen LogP contribution in [0, 0.1) is 5.82 Å². The Morgan fingerprint density at radius 2 is 1.91 bits per heavy atom. The summed E-state index contributed by atoms with van der Waals surface area (Å²) in [5, 5.41) is 12.2. The van der Waals surface area contributed by atoms with E-state index in [4.69, 9.17) is 0 Å². The Morgan fingerprint density at radius 3 is 2.70 bits per heavy atom. The maximum atomic E-state index is 14.5. The molecule has 0 bridgehead atoms. The van der Waals surface area contributed by atoms with Gasteiger partial charge in [-0.15, -0.1) is 0 Å². The van der Waals surface area contributed by atoms with Gasteiger partial charge in [0.25, 0.3) is 0 Å². The van der Waals surface area contributed by atoms with Crippen molar-refractivity contribution < 1.29 is 14.3 Å². The minimum Gasteiger partial charge on any atom is -0.477 e. The third kappa shape index (κ3) is 2.86. The van der Waals surface area contributed by atoms with Crippen LogP contribution in [-0.4, -0.2) is 26.0 Å². The van der Waals surface area contributed by atoms with Crippen molar-refractivity contribution in [2.45, 2.75) is 39.0 Å². The molecule has 5 nitrogen and oxygen atoms in total. The van der Waals surface area contributed by atoms with Gasteiger partial charge in [-0.2, -0.15) is 0 Å². The molecule has 6 rings (SSSR count). The van der Waals surface area contributed by atoms with Crippen molar-refractivity contribution in [3.05, 3.63) is 70.9 Å². The molecule has 33 heavy (non-hydrogen) atoms. The van der Waals surface area contributed by atoms with Gasteiger partial charge in [-0.05, 0) is 66.1 Å². The summed E-state index contributed by atoms with van der Waals surface area (Å²) in [5.74, 6) is -1.38. The summed E-state index contributed by atoms with van der Waals surface area (Å²) in [6.07, 6.45) is 4.87. The minimum absolute atomic E-state index is 0.0128. The molecule has 0 atom stereocenters. The molecular formula is C27H24FN3O2. The van der Waals surface area contributed by atoms with Gasteiger partial charge in [0.05, 0.1) is 5.69 Å². The molecule has 5 aromatic rings. The van der Waals surface area contributed by atoms with E-state index in [0.29, 0.717) is 22.3 Å². The number of fused-ring (bicyclic) bond motifs is 4. The molecule has 0 amide bonds. The molecule has 0 fully saturated rings. The van der Waals surface area contributed by atoms with Gasteiger partial charge in [-0.1, -0.05) is 26.0 Å². The Bertz CT molecular complexity index is 1570. The van der Waals surface area contributed by atoms with Crippen LogP contribution in [0.2, 0.25) is 0 Å². The lowest BCUT2D eigenvalue weighted by molar-refractivity contribution is 0.0692. The summed E-state index contributed by atoms with van der Waals surface area (Å²) < 4.78 is 14.5. The third-order valence-electron chi connectivity index (χ3n) is 6.87. The zero-order valence-electron chi connectivity index (χ0n) is 18.5. The highest BCUT2D eigenvalue weighted by Gasteiger charge is 2.29. The largest absolute Gasteiger partial charge is 0.477 e. The number of aromatic amines is 3. The fraction of sp³-hybridized carbons (Fsp3) is 0.222. The Balaban J connectivity index is 1.73. The Morgan fingerprint density at radius 1 is 1.06 bits per heavy atom. The van der Waals surface area contributed by atoms with E-state index >= 15 is 0 Å². The van der Waals surface area contributed by atoms with Crippen molar-refractivity contribution >= 4 is 27.8 Å². The summed E-state index contributed by atoms with van der Waals surface area (Å²) in [6, 6.07) is 10.9. The molecule has 2 aromatic carbocycles. The van der Waals surface area contributed by atoms with Crippen molar-refractivity contribution in [2.75, 3.05) is 0 Å². The number of carboxylic acid groups (broad SMARTS) is 1. The van der Waals surface area contributed by atoms with Crippen molar-refractivity contribution in [1.82, 2.24) is 15.0 Å². The SMILES string of the molecule is CC(C)c1c(-c2cc(F)cc3[nH]ccc23)[nH]c(C(=O)O)c1-c1cccc2[nH]c3c(c12)CCC3. The van der Waals surface area contributed by atoms with E-state index in [1.54, 1.807) is 6.20 Å². The molecule has 1 aliphatic rings.